The van der Waals surface area contributed by atoms with Crippen molar-refractivity contribution in [1.29, 1.82) is 0 Å². The molecule has 0 N–H and O–H groups in total. The van der Waals surface area contributed by atoms with E-state index in [1.54, 1.807) is 0 Å². The van der Waals surface area contributed by atoms with Gasteiger partial charge in [0.05, 0.1) is 18.0 Å². The van der Waals surface area contributed by atoms with Crippen LogP contribution in [0.1, 0.15) is 57.6 Å². The largest absolute Gasteiger partial charge is 0.414 e. The highest BCUT2D eigenvalue weighted by Gasteiger charge is 2.39. The number of hydrogen-bond donors (Lipinski definition) is 0. The lowest BCUT2D eigenvalue weighted by Crippen LogP contribution is -2.46. The molecule has 2 atom stereocenters. The topological polar surface area (TPSA) is 63.5 Å². The van der Waals surface area contributed by atoms with Gasteiger partial charge in [-0.1, -0.05) is 74.5 Å². The fourth-order valence-electron chi connectivity index (χ4n) is 4.35. The molecule has 0 spiro atoms. The van der Waals surface area contributed by atoms with Crippen LogP contribution in [0.15, 0.2) is 64.7 Å². The number of anilines is 1. The number of hydrogen-bond acceptors (Lipinski definition) is 5. The van der Waals surface area contributed by atoms with Crippen LogP contribution in [0, 0.1) is 0 Å². The van der Waals surface area contributed by atoms with Gasteiger partial charge < -0.3 is 14.2 Å². The van der Waals surface area contributed by atoms with Crippen molar-refractivity contribution in [3.05, 3.63) is 65.7 Å². The third-order valence-electron chi connectivity index (χ3n) is 7.60. The number of fused-ring (bicyclic) bond motifs is 1. The number of benzodiazepines with no additional fused rings is 1. The molecule has 198 valence electrons. The number of benzene rings is 2. The molecular weight excluding hydrogens is 546 g/mol. The lowest BCUT2D eigenvalue weighted by atomic mass is 10.00. The number of aliphatic imine (C=N–C) groups is 1. The van der Waals surface area contributed by atoms with E-state index in [0.717, 1.165) is 52.8 Å². The van der Waals surface area contributed by atoms with Crippen molar-refractivity contribution >= 4 is 46.2 Å². The van der Waals surface area contributed by atoms with E-state index >= 15 is 0 Å². The van der Waals surface area contributed by atoms with Crippen LogP contribution in [-0.4, -0.2) is 49.9 Å². The van der Waals surface area contributed by atoms with Crippen LogP contribution in [0.5, 0.6) is 0 Å². The lowest BCUT2D eigenvalue weighted by molar-refractivity contribution is -0.120. The molecule has 6 nitrogen and oxygen atoms in total. The first-order valence-electron chi connectivity index (χ1n) is 13.1. The fraction of sp³-hybridized carbons (Fsp3) is 0.483. The van der Waals surface area contributed by atoms with Crippen LogP contribution in [0.3, 0.4) is 0 Å². The molecule has 0 radical (unpaired) electrons. The number of rotatable bonds is 9. The van der Waals surface area contributed by atoms with E-state index in [4.69, 9.17) is 14.3 Å². The third-order valence-corrected chi connectivity index (χ3v) is 12.6. The maximum atomic E-state index is 14.1. The molecule has 37 heavy (non-hydrogen) atoms. The highest BCUT2D eigenvalue weighted by atomic mass is 79.9. The van der Waals surface area contributed by atoms with E-state index in [1.807, 2.05) is 41.3 Å². The molecule has 2 heterocycles. The number of para-hydroxylation sites is 1. The minimum absolute atomic E-state index is 0.000263. The molecule has 0 aromatic heterocycles. The van der Waals surface area contributed by atoms with Crippen LogP contribution in [-0.2, 0) is 14.1 Å². The van der Waals surface area contributed by atoms with Gasteiger partial charge in [-0.25, -0.2) is 0 Å². The zero-order chi connectivity index (χ0) is 26.6. The highest BCUT2D eigenvalue weighted by Crippen LogP contribution is 2.37. The standard InChI is InChI=1S/C29H38BrN3O3Si/c1-29(2,3)37(4,5)35-20-24-28(34)33(18-12-11-15-22-19-26(30)32-36-22)25-17-10-9-16-23(25)27(31-24)21-13-7-6-8-14-21/h6-10,13-14,16-17,22,24H,11-12,15,18-20H2,1-5H3/t22-,24-/m1/s1. The van der Waals surface area contributed by atoms with Gasteiger partial charge in [-0.15, -0.1) is 0 Å². The zero-order valence-electron chi connectivity index (χ0n) is 22.5. The Morgan fingerprint density at radius 3 is 2.46 bits per heavy atom. The molecule has 1 amide bonds. The predicted octanol–water partition coefficient (Wildman–Crippen LogP) is 6.93. The number of unbranched alkanes of at least 4 members (excludes halogenated alkanes) is 1. The summed E-state index contributed by atoms with van der Waals surface area (Å²) in [6.45, 7) is 12.0. The molecule has 0 unspecified atom stereocenters. The van der Waals surface area contributed by atoms with Gasteiger partial charge >= 0.3 is 0 Å². The summed E-state index contributed by atoms with van der Waals surface area (Å²) >= 11 is 3.41. The van der Waals surface area contributed by atoms with Gasteiger partial charge in [0.15, 0.2) is 14.4 Å². The monoisotopic (exact) mass is 583 g/mol. The van der Waals surface area contributed by atoms with Crippen LogP contribution < -0.4 is 4.90 Å². The van der Waals surface area contributed by atoms with E-state index in [-0.39, 0.29) is 23.7 Å². The molecule has 0 aliphatic carbocycles. The first-order valence-corrected chi connectivity index (χ1v) is 16.8. The van der Waals surface area contributed by atoms with E-state index in [0.29, 0.717) is 6.54 Å². The van der Waals surface area contributed by atoms with Gasteiger partial charge in [0, 0.05) is 24.1 Å². The first kappa shape index (κ1) is 27.7. The quantitative estimate of drug-likeness (QED) is 0.237. The molecule has 8 heteroatoms. The van der Waals surface area contributed by atoms with Crippen molar-refractivity contribution < 1.29 is 14.1 Å². The molecule has 2 aromatic rings. The maximum absolute atomic E-state index is 14.1. The number of oxime groups is 1. The normalized spacial score (nSPS) is 20.2. The van der Waals surface area contributed by atoms with Crippen molar-refractivity contribution in [2.75, 3.05) is 18.1 Å². The number of nitrogens with zero attached hydrogens (tertiary/aromatic N) is 3. The third kappa shape index (κ3) is 6.59. The smallest absolute Gasteiger partial charge is 0.254 e. The number of amides is 1. The van der Waals surface area contributed by atoms with Crippen LogP contribution >= 0.6 is 15.9 Å². The summed E-state index contributed by atoms with van der Waals surface area (Å²) in [4.78, 5) is 26.5. The van der Waals surface area contributed by atoms with Gasteiger partial charge in [0.1, 0.15) is 10.7 Å². The Balaban J connectivity index is 1.61. The molecule has 4 rings (SSSR count). The molecule has 2 aromatic carbocycles. The van der Waals surface area contributed by atoms with Crippen LogP contribution in [0.25, 0.3) is 0 Å². The molecule has 0 saturated heterocycles. The van der Waals surface area contributed by atoms with Gasteiger partial charge in [0.25, 0.3) is 5.91 Å². The van der Waals surface area contributed by atoms with Gasteiger partial charge in [-0.2, -0.15) is 0 Å². The maximum Gasteiger partial charge on any atom is 0.254 e. The molecule has 2 aliphatic rings. The van der Waals surface area contributed by atoms with Gasteiger partial charge in [-0.05, 0) is 59.4 Å². The number of carbonyl (C=O) groups is 1. The average molecular weight is 585 g/mol. The van der Waals surface area contributed by atoms with E-state index < -0.39 is 14.4 Å². The second-order valence-electron chi connectivity index (χ2n) is 11.3. The molecule has 2 aliphatic heterocycles. The summed E-state index contributed by atoms with van der Waals surface area (Å²) in [5.41, 5.74) is 3.74. The second kappa shape index (κ2) is 11.6. The van der Waals surface area contributed by atoms with Gasteiger partial charge in [0.2, 0.25) is 0 Å². The molecule has 0 saturated carbocycles. The van der Waals surface area contributed by atoms with Crippen molar-refractivity contribution in [1.82, 2.24) is 0 Å². The minimum Gasteiger partial charge on any atom is -0.414 e. The molecule has 0 fully saturated rings. The Kier molecular flexibility index (Phi) is 8.71. The van der Waals surface area contributed by atoms with E-state index in [1.165, 1.54) is 0 Å². The van der Waals surface area contributed by atoms with Crippen molar-refractivity contribution in [2.24, 2.45) is 10.1 Å². The van der Waals surface area contributed by atoms with Crippen molar-refractivity contribution in [2.45, 2.75) is 76.7 Å². The minimum atomic E-state index is -2.06. The summed E-state index contributed by atoms with van der Waals surface area (Å²) in [5, 5.41) is 4.04. The summed E-state index contributed by atoms with van der Waals surface area (Å²) in [5.74, 6) is 0.000263. The Bertz CT molecular complexity index is 1160. The van der Waals surface area contributed by atoms with Crippen LogP contribution in [0.4, 0.5) is 5.69 Å². The van der Waals surface area contributed by atoms with E-state index in [9.17, 15) is 4.79 Å². The second-order valence-corrected chi connectivity index (χ2v) is 17.1. The fourth-order valence-corrected chi connectivity index (χ4v) is 5.80. The molecule has 0 bridgehead atoms. The van der Waals surface area contributed by atoms with Gasteiger partial charge in [-0.3, -0.25) is 9.79 Å². The Hall–Kier alpha value is -2.29. The van der Waals surface area contributed by atoms with Crippen molar-refractivity contribution in [3.8, 4) is 0 Å². The first-order chi connectivity index (χ1) is 17.6. The zero-order valence-corrected chi connectivity index (χ0v) is 25.1. The SMILES string of the molecule is CC(C)(C)[Si](C)(C)OC[C@H]1N=C(c2ccccc2)c2ccccc2N(CCCC[C@@H]2CC(Br)=NO2)C1=O. The summed E-state index contributed by atoms with van der Waals surface area (Å²) in [6, 6.07) is 17.7. The summed E-state index contributed by atoms with van der Waals surface area (Å²) < 4.78 is 7.41. The predicted molar refractivity (Wildman–Crippen MR) is 158 cm³/mol. The summed E-state index contributed by atoms with van der Waals surface area (Å²) in [6.07, 6.45) is 3.65. The van der Waals surface area contributed by atoms with Crippen LogP contribution in [0.2, 0.25) is 18.1 Å². The highest BCUT2D eigenvalue weighted by molar-refractivity contribution is 9.18. The Labute approximate surface area is 230 Å². The number of carbonyl (C=O) groups excluding carboxylic acids is 1. The summed E-state index contributed by atoms with van der Waals surface area (Å²) in [7, 11) is -2.06. The van der Waals surface area contributed by atoms with E-state index in [2.05, 4.69) is 73.1 Å². The molecular formula is C29H38BrN3O3Si. The average Bonchev–Trinajstić information content (AvgIpc) is 3.24. The van der Waals surface area contributed by atoms with Crippen molar-refractivity contribution in [3.63, 3.8) is 0 Å². The Morgan fingerprint density at radius 2 is 1.78 bits per heavy atom. The lowest BCUT2D eigenvalue weighted by Gasteiger charge is -2.37. The Morgan fingerprint density at radius 1 is 1.08 bits per heavy atom. The number of halogens is 1.